The van der Waals surface area contributed by atoms with E-state index in [2.05, 4.69) is 10.2 Å². The first-order valence-electron chi connectivity index (χ1n) is 7.01. The van der Waals surface area contributed by atoms with Crippen LogP contribution in [0.25, 0.3) is 0 Å². The van der Waals surface area contributed by atoms with Crippen LogP contribution in [0.5, 0.6) is 0 Å². The van der Waals surface area contributed by atoms with Gasteiger partial charge in [0.15, 0.2) is 0 Å². The van der Waals surface area contributed by atoms with E-state index >= 15 is 0 Å². The minimum atomic E-state index is -0.366. The Kier molecular flexibility index (Phi) is 5.83. The van der Waals surface area contributed by atoms with Crippen LogP contribution in [0, 0.1) is 0 Å². The summed E-state index contributed by atoms with van der Waals surface area (Å²) in [6, 6.07) is 9.73. The molecule has 1 saturated heterocycles. The van der Waals surface area contributed by atoms with Crippen LogP contribution in [0.15, 0.2) is 30.3 Å². The summed E-state index contributed by atoms with van der Waals surface area (Å²) in [5.74, 6) is 0. The number of nitrogens with zero attached hydrogens (tertiary/aromatic N) is 1. The maximum Gasteiger partial charge on any atom is 0.407 e. The number of amides is 1. The number of hydrogen-bond acceptors (Lipinski definition) is 4. The predicted molar refractivity (Wildman–Crippen MR) is 76.5 cm³/mol. The highest BCUT2D eigenvalue weighted by molar-refractivity contribution is 5.67. The van der Waals surface area contributed by atoms with E-state index in [1.54, 1.807) is 0 Å². The fraction of sp³-hybridized carbons (Fsp3) is 0.533. The standard InChI is InChI=1S/C15H22N2O3/c1-13(11-17-7-9-19-10-8-17)16-15(18)20-12-14-5-3-2-4-6-14/h2-6,13H,7-12H2,1H3,(H,16,18). The minimum Gasteiger partial charge on any atom is -0.445 e. The van der Waals surface area contributed by atoms with Crippen LogP contribution in [0.2, 0.25) is 0 Å². The number of alkyl carbamates (subject to hydrolysis) is 1. The molecular formula is C15H22N2O3. The fourth-order valence-electron chi connectivity index (χ4n) is 2.18. The van der Waals surface area contributed by atoms with Crippen LogP contribution in [0.4, 0.5) is 4.79 Å². The Bertz CT molecular complexity index is 405. The molecule has 0 spiro atoms. The number of nitrogens with one attached hydrogen (secondary N) is 1. The van der Waals surface area contributed by atoms with Gasteiger partial charge in [0.2, 0.25) is 0 Å². The minimum absolute atomic E-state index is 0.0661. The molecule has 0 aliphatic carbocycles. The van der Waals surface area contributed by atoms with E-state index < -0.39 is 0 Å². The van der Waals surface area contributed by atoms with Crippen molar-refractivity contribution in [2.75, 3.05) is 32.8 Å². The number of carbonyl (C=O) groups is 1. The van der Waals surface area contributed by atoms with Crippen molar-refractivity contribution in [1.82, 2.24) is 10.2 Å². The van der Waals surface area contributed by atoms with Crippen molar-refractivity contribution in [2.24, 2.45) is 0 Å². The Labute approximate surface area is 119 Å². The maximum absolute atomic E-state index is 11.7. The topological polar surface area (TPSA) is 50.8 Å². The number of benzene rings is 1. The molecule has 0 bridgehead atoms. The summed E-state index contributed by atoms with van der Waals surface area (Å²) in [5.41, 5.74) is 0.989. The molecule has 5 heteroatoms. The van der Waals surface area contributed by atoms with Gasteiger partial charge in [-0.2, -0.15) is 0 Å². The van der Waals surface area contributed by atoms with E-state index in [4.69, 9.17) is 9.47 Å². The summed E-state index contributed by atoms with van der Waals surface area (Å²) < 4.78 is 10.5. The van der Waals surface area contributed by atoms with Crippen molar-refractivity contribution in [3.8, 4) is 0 Å². The second-order valence-corrected chi connectivity index (χ2v) is 5.02. The molecule has 1 heterocycles. The summed E-state index contributed by atoms with van der Waals surface area (Å²) >= 11 is 0. The molecule has 1 aromatic carbocycles. The highest BCUT2D eigenvalue weighted by Crippen LogP contribution is 2.02. The Hall–Kier alpha value is -1.59. The fourth-order valence-corrected chi connectivity index (χ4v) is 2.18. The molecule has 1 aromatic rings. The first-order valence-corrected chi connectivity index (χ1v) is 7.01. The molecule has 1 aliphatic rings. The molecular weight excluding hydrogens is 256 g/mol. The highest BCUT2D eigenvalue weighted by atomic mass is 16.5. The zero-order chi connectivity index (χ0) is 14.2. The van der Waals surface area contributed by atoms with E-state index in [0.29, 0.717) is 6.61 Å². The Morgan fingerprint density at radius 1 is 1.35 bits per heavy atom. The second kappa shape index (κ2) is 7.87. The average Bonchev–Trinajstić information content (AvgIpc) is 2.47. The summed E-state index contributed by atoms with van der Waals surface area (Å²) in [6.45, 7) is 6.49. The van der Waals surface area contributed by atoms with Crippen molar-refractivity contribution in [1.29, 1.82) is 0 Å². The zero-order valence-electron chi connectivity index (χ0n) is 11.9. The van der Waals surface area contributed by atoms with Gasteiger partial charge in [-0.1, -0.05) is 30.3 Å². The van der Waals surface area contributed by atoms with Crippen molar-refractivity contribution < 1.29 is 14.3 Å². The molecule has 1 atom stereocenters. The smallest absolute Gasteiger partial charge is 0.407 e. The molecule has 1 unspecified atom stereocenters. The molecule has 5 nitrogen and oxygen atoms in total. The summed E-state index contributed by atoms with van der Waals surface area (Å²) in [5, 5.41) is 2.85. The van der Waals surface area contributed by atoms with Crippen LogP contribution in [0.3, 0.4) is 0 Å². The number of rotatable bonds is 5. The van der Waals surface area contributed by atoms with Crippen molar-refractivity contribution in [2.45, 2.75) is 19.6 Å². The highest BCUT2D eigenvalue weighted by Gasteiger charge is 2.15. The third-order valence-electron chi connectivity index (χ3n) is 3.21. The van der Waals surface area contributed by atoms with Crippen LogP contribution < -0.4 is 5.32 Å². The Morgan fingerprint density at radius 3 is 2.75 bits per heavy atom. The SMILES string of the molecule is CC(CN1CCOCC1)NC(=O)OCc1ccccc1. The molecule has 20 heavy (non-hydrogen) atoms. The lowest BCUT2D eigenvalue weighted by molar-refractivity contribution is 0.0340. The molecule has 1 amide bonds. The monoisotopic (exact) mass is 278 g/mol. The molecule has 1 fully saturated rings. The average molecular weight is 278 g/mol. The van der Waals surface area contributed by atoms with E-state index in [-0.39, 0.29) is 12.1 Å². The first kappa shape index (κ1) is 14.8. The molecule has 0 radical (unpaired) electrons. The lowest BCUT2D eigenvalue weighted by atomic mass is 10.2. The molecule has 1 aliphatic heterocycles. The van der Waals surface area contributed by atoms with Crippen LogP contribution in [0.1, 0.15) is 12.5 Å². The van der Waals surface area contributed by atoms with Gasteiger partial charge < -0.3 is 14.8 Å². The summed E-state index contributed by atoms with van der Waals surface area (Å²) in [7, 11) is 0. The van der Waals surface area contributed by atoms with Crippen molar-refractivity contribution >= 4 is 6.09 Å². The molecule has 2 rings (SSSR count). The van der Waals surface area contributed by atoms with Crippen LogP contribution in [-0.4, -0.2) is 49.9 Å². The van der Waals surface area contributed by atoms with Gasteiger partial charge in [0, 0.05) is 25.7 Å². The molecule has 1 N–H and O–H groups in total. The Morgan fingerprint density at radius 2 is 2.05 bits per heavy atom. The van der Waals surface area contributed by atoms with Gasteiger partial charge in [-0.3, -0.25) is 4.90 Å². The van der Waals surface area contributed by atoms with E-state index in [1.165, 1.54) is 0 Å². The molecule has 0 saturated carbocycles. The van der Waals surface area contributed by atoms with Crippen molar-refractivity contribution in [3.63, 3.8) is 0 Å². The second-order valence-electron chi connectivity index (χ2n) is 5.02. The van der Waals surface area contributed by atoms with Gasteiger partial charge in [-0.25, -0.2) is 4.79 Å². The number of carbonyl (C=O) groups excluding carboxylic acids is 1. The summed E-state index contributed by atoms with van der Waals surface area (Å²) in [6.07, 6.45) is -0.366. The van der Waals surface area contributed by atoms with Crippen molar-refractivity contribution in [3.05, 3.63) is 35.9 Å². The van der Waals surface area contributed by atoms with Gasteiger partial charge in [0.05, 0.1) is 13.2 Å². The number of ether oxygens (including phenoxy) is 2. The normalized spacial score (nSPS) is 17.4. The van der Waals surface area contributed by atoms with Gasteiger partial charge >= 0.3 is 6.09 Å². The Balaban J connectivity index is 1.65. The van der Waals surface area contributed by atoms with Gasteiger partial charge in [-0.15, -0.1) is 0 Å². The van der Waals surface area contributed by atoms with Gasteiger partial charge in [0.25, 0.3) is 0 Å². The lowest BCUT2D eigenvalue weighted by Crippen LogP contribution is -2.46. The third kappa shape index (κ3) is 5.19. The molecule has 110 valence electrons. The van der Waals surface area contributed by atoms with E-state index in [0.717, 1.165) is 38.4 Å². The van der Waals surface area contributed by atoms with Gasteiger partial charge in [0.1, 0.15) is 6.61 Å². The number of hydrogen-bond donors (Lipinski definition) is 1. The maximum atomic E-state index is 11.7. The predicted octanol–water partition coefficient (Wildman–Crippen LogP) is 1.63. The largest absolute Gasteiger partial charge is 0.445 e. The number of morpholine rings is 1. The van der Waals surface area contributed by atoms with Gasteiger partial charge in [-0.05, 0) is 12.5 Å². The quantitative estimate of drug-likeness (QED) is 0.889. The third-order valence-corrected chi connectivity index (χ3v) is 3.21. The van der Waals surface area contributed by atoms with E-state index in [9.17, 15) is 4.79 Å². The van der Waals surface area contributed by atoms with Crippen LogP contribution >= 0.6 is 0 Å². The molecule has 0 aromatic heterocycles. The zero-order valence-corrected chi connectivity index (χ0v) is 11.9. The lowest BCUT2D eigenvalue weighted by Gasteiger charge is -2.29. The summed E-state index contributed by atoms with van der Waals surface area (Å²) in [4.78, 5) is 14.0. The van der Waals surface area contributed by atoms with Crippen LogP contribution in [-0.2, 0) is 16.1 Å². The van der Waals surface area contributed by atoms with E-state index in [1.807, 2.05) is 37.3 Å². The first-order chi connectivity index (χ1) is 9.74.